The fourth-order valence-corrected chi connectivity index (χ4v) is 2.70. The standard InChI is InChI=1S/C11H15N3O2/c1-2-16-10(15)9-8(12)6-14(13-9)11-3-7(4-11)5-11/h6-7H,2-5,12H2,1H3. The Bertz CT molecular complexity index is 435. The molecule has 1 heterocycles. The molecular formula is C11H15N3O2. The Hall–Kier alpha value is -1.52. The summed E-state index contributed by atoms with van der Waals surface area (Å²) in [7, 11) is 0. The molecule has 0 aliphatic heterocycles. The third kappa shape index (κ3) is 1.11. The van der Waals surface area contributed by atoms with Crippen molar-refractivity contribution in [3.8, 4) is 0 Å². The van der Waals surface area contributed by atoms with E-state index in [1.165, 1.54) is 19.3 Å². The van der Waals surface area contributed by atoms with E-state index in [9.17, 15) is 4.79 Å². The molecule has 0 atom stereocenters. The van der Waals surface area contributed by atoms with Crippen LogP contribution >= 0.6 is 0 Å². The molecular weight excluding hydrogens is 206 g/mol. The molecule has 3 fully saturated rings. The number of ether oxygens (including phenoxy) is 1. The van der Waals surface area contributed by atoms with Gasteiger partial charge in [0.05, 0.1) is 17.8 Å². The highest BCUT2D eigenvalue weighted by Gasteiger charge is 2.58. The lowest BCUT2D eigenvalue weighted by atomic mass is 9.50. The van der Waals surface area contributed by atoms with E-state index >= 15 is 0 Å². The topological polar surface area (TPSA) is 70.1 Å². The minimum Gasteiger partial charge on any atom is -0.461 e. The van der Waals surface area contributed by atoms with E-state index in [-0.39, 0.29) is 11.2 Å². The molecule has 0 spiro atoms. The molecule has 5 heteroatoms. The first kappa shape index (κ1) is 9.69. The highest BCUT2D eigenvalue weighted by Crippen LogP contribution is 2.62. The van der Waals surface area contributed by atoms with Gasteiger partial charge in [0.15, 0.2) is 5.69 Å². The predicted octanol–water partition coefficient (Wildman–Crippen LogP) is 1.15. The first-order chi connectivity index (χ1) is 7.64. The van der Waals surface area contributed by atoms with Gasteiger partial charge < -0.3 is 10.5 Å². The van der Waals surface area contributed by atoms with Crippen LogP contribution in [0.15, 0.2) is 6.20 Å². The second kappa shape index (κ2) is 2.99. The monoisotopic (exact) mass is 221 g/mol. The molecule has 0 amide bonds. The van der Waals surface area contributed by atoms with Crippen LogP contribution in [0.1, 0.15) is 36.7 Å². The number of anilines is 1. The van der Waals surface area contributed by atoms with Crippen molar-refractivity contribution in [2.75, 3.05) is 12.3 Å². The zero-order valence-corrected chi connectivity index (χ0v) is 9.27. The molecule has 4 rings (SSSR count). The Balaban J connectivity index is 1.87. The SMILES string of the molecule is CCOC(=O)c1nn(C23CC(C2)C3)cc1N. The summed E-state index contributed by atoms with van der Waals surface area (Å²) < 4.78 is 6.77. The van der Waals surface area contributed by atoms with E-state index in [0.29, 0.717) is 12.3 Å². The molecule has 5 nitrogen and oxygen atoms in total. The van der Waals surface area contributed by atoms with Crippen molar-refractivity contribution in [3.05, 3.63) is 11.9 Å². The van der Waals surface area contributed by atoms with Crippen LogP contribution in [-0.4, -0.2) is 22.4 Å². The van der Waals surface area contributed by atoms with Crippen molar-refractivity contribution >= 4 is 11.7 Å². The van der Waals surface area contributed by atoms with Crippen LogP contribution in [-0.2, 0) is 10.3 Å². The maximum Gasteiger partial charge on any atom is 0.361 e. The van der Waals surface area contributed by atoms with Gasteiger partial charge in [-0.1, -0.05) is 0 Å². The number of esters is 1. The summed E-state index contributed by atoms with van der Waals surface area (Å²) in [5, 5.41) is 4.28. The van der Waals surface area contributed by atoms with Crippen molar-refractivity contribution in [1.82, 2.24) is 9.78 Å². The quantitative estimate of drug-likeness (QED) is 0.777. The Morgan fingerprint density at radius 1 is 1.69 bits per heavy atom. The smallest absolute Gasteiger partial charge is 0.361 e. The van der Waals surface area contributed by atoms with E-state index in [4.69, 9.17) is 10.5 Å². The Labute approximate surface area is 93.6 Å². The lowest BCUT2D eigenvalue weighted by Gasteiger charge is -2.61. The number of nitrogens with zero attached hydrogens (tertiary/aromatic N) is 2. The second-order valence-electron chi connectivity index (χ2n) is 4.80. The molecule has 2 N–H and O–H groups in total. The molecule has 3 aliphatic carbocycles. The van der Waals surface area contributed by atoms with Gasteiger partial charge in [-0.05, 0) is 32.1 Å². The second-order valence-corrected chi connectivity index (χ2v) is 4.80. The average Bonchev–Trinajstić information content (AvgIpc) is 2.42. The van der Waals surface area contributed by atoms with Crippen LogP contribution in [0.3, 0.4) is 0 Å². The maximum atomic E-state index is 11.5. The van der Waals surface area contributed by atoms with Crippen LogP contribution in [0.4, 0.5) is 5.69 Å². The molecule has 0 saturated heterocycles. The van der Waals surface area contributed by atoms with E-state index in [0.717, 1.165) is 5.92 Å². The van der Waals surface area contributed by atoms with Crippen LogP contribution in [0.5, 0.6) is 0 Å². The van der Waals surface area contributed by atoms with Crippen molar-refractivity contribution in [2.24, 2.45) is 5.92 Å². The van der Waals surface area contributed by atoms with Crippen LogP contribution in [0.25, 0.3) is 0 Å². The van der Waals surface area contributed by atoms with Crippen LogP contribution in [0, 0.1) is 5.92 Å². The Morgan fingerprint density at radius 3 is 2.88 bits per heavy atom. The van der Waals surface area contributed by atoms with Gasteiger partial charge in [0.25, 0.3) is 0 Å². The Kier molecular flexibility index (Phi) is 1.81. The predicted molar refractivity (Wildman–Crippen MR) is 57.9 cm³/mol. The van der Waals surface area contributed by atoms with Gasteiger partial charge in [0.1, 0.15) is 0 Å². The van der Waals surface area contributed by atoms with E-state index in [1.54, 1.807) is 13.1 Å². The van der Waals surface area contributed by atoms with Crippen LogP contribution < -0.4 is 5.73 Å². The van der Waals surface area contributed by atoms with Crippen molar-refractivity contribution in [2.45, 2.75) is 31.7 Å². The molecule has 16 heavy (non-hydrogen) atoms. The van der Waals surface area contributed by atoms with E-state index in [1.807, 2.05) is 4.68 Å². The molecule has 1 aromatic rings. The number of nitrogen functional groups attached to an aromatic ring is 1. The highest BCUT2D eigenvalue weighted by molar-refractivity contribution is 5.92. The summed E-state index contributed by atoms with van der Waals surface area (Å²) in [4.78, 5) is 11.5. The Morgan fingerprint density at radius 2 is 2.38 bits per heavy atom. The maximum absolute atomic E-state index is 11.5. The third-order valence-electron chi connectivity index (χ3n) is 3.70. The average molecular weight is 221 g/mol. The normalized spacial score (nSPS) is 30.4. The van der Waals surface area contributed by atoms with Gasteiger partial charge in [-0.25, -0.2) is 4.79 Å². The number of aromatic nitrogens is 2. The summed E-state index contributed by atoms with van der Waals surface area (Å²) in [5.74, 6) is 0.446. The summed E-state index contributed by atoms with van der Waals surface area (Å²) in [6.07, 6.45) is 5.30. The van der Waals surface area contributed by atoms with Crippen molar-refractivity contribution < 1.29 is 9.53 Å². The van der Waals surface area contributed by atoms with Gasteiger partial charge in [0, 0.05) is 6.20 Å². The fraction of sp³-hybridized carbons (Fsp3) is 0.636. The molecule has 0 unspecified atom stereocenters. The summed E-state index contributed by atoms with van der Waals surface area (Å²) >= 11 is 0. The van der Waals surface area contributed by atoms with Gasteiger partial charge in [-0.3, -0.25) is 4.68 Å². The number of hydrogen-bond acceptors (Lipinski definition) is 4. The number of carbonyl (C=O) groups is 1. The minimum atomic E-state index is -0.426. The third-order valence-corrected chi connectivity index (χ3v) is 3.70. The number of rotatable bonds is 3. The minimum absolute atomic E-state index is 0.170. The molecule has 3 aliphatic rings. The first-order valence-electron chi connectivity index (χ1n) is 5.67. The summed E-state index contributed by atoms with van der Waals surface area (Å²) in [6.45, 7) is 2.12. The summed E-state index contributed by atoms with van der Waals surface area (Å²) in [6, 6.07) is 0. The largest absolute Gasteiger partial charge is 0.461 e. The zero-order chi connectivity index (χ0) is 11.3. The number of hydrogen-bond donors (Lipinski definition) is 1. The number of nitrogens with two attached hydrogens (primary N) is 1. The zero-order valence-electron chi connectivity index (χ0n) is 9.27. The first-order valence-corrected chi connectivity index (χ1v) is 5.67. The fourth-order valence-electron chi connectivity index (χ4n) is 2.70. The van der Waals surface area contributed by atoms with E-state index < -0.39 is 5.97 Å². The lowest BCUT2D eigenvalue weighted by Crippen LogP contribution is -2.59. The molecule has 1 aromatic heterocycles. The molecule has 3 saturated carbocycles. The lowest BCUT2D eigenvalue weighted by molar-refractivity contribution is -0.0979. The van der Waals surface area contributed by atoms with Gasteiger partial charge in [0.2, 0.25) is 0 Å². The molecule has 2 bridgehead atoms. The molecule has 0 radical (unpaired) electrons. The van der Waals surface area contributed by atoms with Crippen molar-refractivity contribution in [3.63, 3.8) is 0 Å². The van der Waals surface area contributed by atoms with Crippen molar-refractivity contribution in [1.29, 1.82) is 0 Å². The number of carbonyl (C=O) groups excluding carboxylic acids is 1. The molecule has 0 aromatic carbocycles. The highest BCUT2D eigenvalue weighted by atomic mass is 16.5. The van der Waals surface area contributed by atoms with E-state index in [2.05, 4.69) is 5.10 Å². The van der Waals surface area contributed by atoms with Gasteiger partial charge >= 0.3 is 5.97 Å². The van der Waals surface area contributed by atoms with Gasteiger partial charge in [-0.2, -0.15) is 5.10 Å². The van der Waals surface area contributed by atoms with Crippen LogP contribution in [0.2, 0.25) is 0 Å². The molecule has 86 valence electrons. The summed E-state index contributed by atoms with van der Waals surface area (Å²) in [5.41, 5.74) is 6.63. The van der Waals surface area contributed by atoms with Gasteiger partial charge in [-0.15, -0.1) is 0 Å².